The highest BCUT2D eigenvalue weighted by atomic mass is 15.1. The van der Waals surface area contributed by atoms with Gasteiger partial charge in [0.25, 0.3) is 0 Å². The smallest absolute Gasteiger partial charge is 0.127 e. The standard InChI is InChI=1S/C14H25N3/c1-4-9-17-13(15)12(11-7-5-6-8-11)16-14(17)10(2)3/h10-11H,4-9,15H2,1-3H3. The molecule has 2 N–H and O–H groups in total. The lowest BCUT2D eigenvalue weighted by molar-refractivity contribution is 0.616. The van der Waals surface area contributed by atoms with Crippen LogP contribution in [0, 0.1) is 0 Å². The Morgan fingerprint density at radius 2 is 2.00 bits per heavy atom. The van der Waals surface area contributed by atoms with Crippen molar-refractivity contribution in [1.29, 1.82) is 0 Å². The van der Waals surface area contributed by atoms with Gasteiger partial charge in [-0.3, -0.25) is 0 Å². The number of aromatic nitrogens is 2. The van der Waals surface area contributed by atoms with Gasteiger partial charge in [0.15, 0.2) is 0 Å². The van der Waals surface area contributed by atoms with Crippen molar-refractivity contribution in [1.82, 2.24) is 9.55 Å². The van der Waals surface area contributed by atoms with Crippen molar-refractivity contribution in [3.63, 3.8) is 0 Å². The molecule has 1 aromatic heterocycles. The van der Waals surface area contributed by atoms with Crippen LogP contribution in [-0.2, 0) is 6.54 Å². The second kappa shape index (κ2) is 5.11. The van der Waals surface area contributed by atoms with Gasteiger partial charge >= 0.3 is 0 Å². The predicted octanol–water partition coefficient (Wildman–Crippen LogP) is 3.66. The molecule has 3 nitrogen and oxygen atoms in total. The lowest BCUT2D eigenvalue weighted by atomic mass is 10.0. The van der Waals surface area contributed by atoms with Crippen molar-refractivity contribution < 1.29 is 0 Å². The Morgan fingerprint density at radius 1 is 1.35 bits per heavy atom. The van der Waals surface area contributed by atoms with E-state index in [-0.39, 0.29) is 0 Å². The molecule has 0 aromatic carbocycles. The number of nitrogens with zero attached hydrogens (tertiary/aromatic N) is 2. The first-order chi connectivity index (χ1) is 8.15. The van der Waals surface area contributed by atoms with Gasteiger partial charge in [-0.05, 0) is 19.3 Å². The zero-order valence-electron chi connectivity index (χ0n) is 11.4. The molecule has 96 valence electrons. The summed E-state index contributed by atoms with van der Waals surface area (Å²) >= 11 is 0. The third kappa shape index (κ3) is 2.33. The van der Waals surface area contributed by atoms with Gasteiger partial charge < -0.3 is 10.3 Å². The van der Waals surface area contributed by atoms with Gasteiger partial charge in [-0.1, -0.05) is 33.6 Å². The summed E-state index contributed by atoms with van der Waals surface area (Å²) in [7, 11) is 0. The molecule has 0 saturated heterocycles. The molecule has 2 rings (SSSR count). The van der Waals surface area contributed by atoms with Crippen molar-refractivity contribution >= 4 is 5.82 Å². The highest BCUT2D eigenvalue weighted by Crippen LogP contribution is 2.37. The van der Waals surface area contributed by atoms with E-state index in [2.05, 4.69) is 25.3 Å². The van der Waals surface area contributed by atoms with Crippen molar-refractivity contribution in [2.45, 2.75) is 71.3 Å². The minimum atomic E-state index is 0.457. The van der Waals surface area contributed by atoms with Gasteiger partial charge in [0.1, 0.15) is 11.6 Å². The van der Waals surface area contributed by atoms with Gasteiger partial charge in [0, 0.05) is 18.4 Å². The SMILES string of the molecule is CCCn1c(C(C)C)nc(C2CCCC2)c1N. The molecular weight excluding hydrogens is 210 g/mol. The molecular formula is C14H25N3. The van der Waals surface area contributed by atoms with E-state index >= 15 is 0 Å². The van der Waals surface area contributed by atoms with Crippen LogP contribution in [0.3, 0.4) is 0 Å². The number of hydrogen-bond donors (Lipinski definition) is 1. The van der Waals surface area contributed by atoms with E-state index in [1.807, 2.05) is 0 Å². The fourth-order valence-corrected chi connectivity index (χ4v) is 2.90. The lowest BCUT2D eigenvalue weighted by Crippen LogP contribution is -2.08. The minimum absolute atomic E-state index is 0.457. The lowest BCUT2D eigenvalue weighted by Gasteiger charge is -2.11. The number of imidazole rings is 1. The fraction of sp³-hybridized carbons (Fsp3) is 0.786. The molecule has 0 atom stereocenters. The van der Waals surface area contributed by atoms with Crippen molar-refractivity contribution in [3.8, 4) is 0 Å². The number of anilines is 1. The molecule has 0 amide bonds. The van der Waals surface area contributed by atoms with Gasteiger partial charge in [0.05, 0.1) is 5.69 Å². The number of nitrogen functional groups attached to an aromatic ring is 1. The normalized spacial score (nSPS) is 17.2. The second-order valence-electron chi connectivity index (χ2n) is 5.53. The molecule has 0 unspecified atom stereocenters. The third-order valence-corrected chi connectivity index (χ3v) is 3.77. The summed E-state index contributed by atoms with van der Waals surface area (Å²) in [4.78, 5) is 4.85. The maximum Gasteiger partial charge on any atom is 0.127 e. The van der Waals surface area contributed by atoms with Crippen LogP contribution in [0.15, 0.2) is 0 Å². The third-order valence-electron chi connectivity index (χ3n) is 3.77. The Bertz CT molecular complexity index is 373. The van der Waals surface area contributed by atoms with Crippen LogP contribution >= 0.6 is 0 Å². The zero-order chi connectivity index (χ0) is 12.4. The Balaban J connectivity index is 2.36. The molecule has 17 heavy (non-hydrogen) atoms. The molecule has 0 radical (unpaired) electrons. The highest BCUT2D eigenvalue weighted by molar-refractivity contribution is 5.41. The average Bonchev–Trinajstić information content (AvgIpc) is 2.88. The largest absolute Gasteiger partial charge is 0.384 e. The summed E-state index contributed by atoms with van der Waals surface area (Å²) < 4.78 is 2.23. The average molecular weight is 235 g/mol. The minimum Gasteiger partial charge on any atom is -0.384 e. The van der Waals surface area contributed by atoms with Crippen LogP contribution < -0.4 is 5.73 Å². The van der Waals surface area contributed by atoms with Crippen LogP contribution in [0.1, 0.15) is 76.2 Å². The van der Waals surface area contributed by atoms with Gasteiger partial charge in [-0.15, -0.1) is 0 Å². The van der Waals surface area contributed by atoms with Crippen LogP contribution in [0.5, 0.6) is 0 Å². The highest BCUT2D eigenvalue weighted by Gasteiger charge is 2.25. The Labute approximate surface area is 104 Å². The molecule has 1 fully saturated rings. The first kappa shape index (κ1) is 12.5. The predicted molar refractivity (Wildman–Crippen MR) is 72.2 cm³/mol. The Kier molecular flexibility index (Phi) is 3.75. The van der Waals surface area contributed by atoms with E-state index in [9.17, 15) is 0 Å². The van der Waals surface area contributed by atoms with Gasteiger partial charge in [-0.2, -0.15) is 0 Å². The summed E-state index contributed by atoms with van der Waals surface area (Å²) in [6.07, 6.45) is 6.32. The number of hydrogen-bond acceptors (Lipinski definition) is 2. The van der Waals surface area contributed by atoms with Gasteiger partial charge in [-0.25, -0.2) is 4.98 Å². The van der Waals surface area contributed by atoms with E-state index in [1.165, 1.54) is 37.2 Å². The summed E-state index contributed by atoms with van der Waals surface area (Å²) in [5.41, 5.74) is 7.49. The van der Waals surface area contributed by atoms with Crippen LogP contribution in [-0.4, -0.2) is 9.55 Å². The van der Waals surface area contributed by atoms with E-state index in [1.54, 1.807) is 0 Å². The van der Waals surface area contributed by atoms with Crippen molar-refractivity contribution in [3.05, 3.63) is 11.5 Å². The van der Waals surface area contributed by atoms with Crippen LogP contribution in [0.25, 0.3) is 0 Å². The maximum atomic E-state index is 6.31. The van der Waals surface area contributed by atoms with E-state index in [0.717, 1.165) is 18.8 Å². The van der Waals surface area contributed by atoms with Crippen LogP contribution in [0.4, 0.5) is 5.82 Å². The molecule has 1 heterocycles. The number of nitrogens with two attached hydrogens (primary N) is 1. The monoisotopic (exact) mass is 235 g/mol. The quantitative estimate of drug-likeness (QED) is 0.865. The fourth-order valence-electron chi connectivity index (χ4n) is 2.90. The van der Waals surface area contributed by atoms with Crippen LogP contribution in [0.2, 0.25) is 0 Å². The van der Waals surface area contributed by atoms with Crippen molar-refractivity contribution in [2.75, 3.05) is 5.73 Å². The Hall–Kier alpha value is -0.990. The molecule has 1 aliphatic carbocycles. The summed E-state index contributed by atoms with van der Waals surface area (Å²) in [5, 5.41) is 0. The van der Waals surface area contributed by atoms with Crippen molar-refractivity contribution in [2.24, 2.45) is 0 Å². The molecule has 0 aliphatic heterocycles. The molecule has 0 spiro atoms. The summed E-state index contributed by atoms with van der Waals surface area (Å²) in [5.74, 6) is 3.18. The topological polar surface area (TPSA) is 43.8 Å². The van der Waals surface area contributed by atoms with E-state index < -0.39 is 0 Å². The van der Waals surface area contributed by atoms with Gasteiger partial charge in [0.2, 0.25) is 0 Å². The molecule has 1 saturated carbocycles. The summed E-state index contributed by atoms with van der Waals surface area (Å²) in [6, 6.07) is 0. The first-order valence-corrected chi connectivity index (χ1v) is 7.00. The summed E-state index contributed by atoms with van der Waals surface area (Å²) in [6.45, 7) is 7.59. The second-order valence-corrected chi connectivity index (χ2v) is 5.53. The Morgan fingerprint density at radius 3 is 2.53 bits per heavy atom. The molecule has 1 aliphatic rings. The zero-order valence-corrected chi connectivity index (χ0v) is 11.4. The molecule has 3 heteroatoms. The molecule has 0 bridgehead atoms. The van der Waals surface area contributed by atoms with E-state index in [4.69, 9.17) is 10.7 Å². The number of rotatable bonds is 4. The maximum absolute atomic E-state index is 6.31. The van der Waals surface area contributed by atoms with E-state index in [0.29, 0.717) is 11.8 Å². The first-order valence-electron chi connectivity index (χ1n) is 7.00. The molecule has 1 aromatic rings.